The summed E-state index contributed by atoms with van der Waals surface area (Å²) in [6, 6.07) is 27.0. The first-order valence-electron chi connectivity index (χ1n) is 11.7. The number of imidazole rings is 1. The molecule has 1 saturated heterocycles. The van der Waals surface area contributed by atoms with Crippen LogP contribution in [-0.2, 0) is 0 Å². The SMILES string of the molecule is O=c1[nH]c2cc(Cl)ccc2n1C1CCN(CCCN(c2ccccc2)c2ccccc2)CC1. The van der Waals surface area contributed by atoms with Gasteiger partial charge >= 0.3 is 5.69 Å². The summed E-state index contributed by atoms with van der Waals surface area (Å²) in [5, 5.41) is 0.644. The predicted molar refractivity (Wildman–Crippen MR) is 137 cm³/mol. The monoisotopic (exact) mass is 460 g/mol. The Hall–Kier alpha value is -3.02. The number of halogens is 1. The summed E-state index contributed by atoms with van der Waals surface area (Å²) in [4.78, 5) is 20.5. The van der Waals surface area contributed by atoms with E-state index in [-0.39, 0.29) is 11.7 Å². The van der Waals surface area contributed by atoms with E-state index in [0.717, 1.165) is 56.5 Å². The molecule has 2 heterocycles. The van der Waals surface area contributed by atoms with Crippen molar-refractivity contribution < 1.29 is 0 Å². The van der Waals surface area contributed by atoms with Crippen LogP contribution in [0.15, 0.2) is 83.7 Å². The zero-order valence-electron chi connectivity index (χ0n) is 18.7. The molecule has 170 valence electrons. The van der Waals surface area contributed by atoms with Gasteiger partial charge in [0.25, 0.3) is 0 Å². The average molecular weight is 461 g/mol. The number of anilines is 2. The highest BCUT2D eigenvalue weighted by Crippen LogP contribution is 2.27. The Kier molecular flexibility index (Phi) is 6.51. The number of hydrogen-bond donors (Lipinski definition) is 1. The van der Waals surface area contributed by atoms with Crippen molar-refractivity contribution in [2.75, 3.05) is 31.1 Å². The van der Waals surface area contributed by atoms with Crippen LogP contribution in [0.5, 0.6) is 0 Å². The number of piperidine rings is 1. The fourth-order valence-corrected chi connectivity index (χ4v) is 5.11. The summed E-state index contributed by atoms with van der Waals surface area (Å²) in [7, 11) is 0. The van der Waals surface area contributed by atoms with E-state index in [2.05, 4.69) is 75.4 Å². The van der Waals surface area contributed by atoms with E-state index < -0.39 is 0 Å². The summed E-state index contributed by atoms with van der Waals surface area (Å²) in [6.45, 7) is 4.04. The smallest absolute Gasteiger partial charge is 0.326 e. The fourth-order valence-electron chi connectivity index (χ4n) is 4.94. The molecule has 1 N–H and O–H groups in total. The molecule has 0 unspecified atom stereocenters. The second-order valence-corrected chi connectivity index (χ2v) is 9.15. The van der Waals surface area contributed by atoms with Crippen molar-refractivity contribution in [3.63, 3.8) is 0 Å². The number of aromatic nitrogens is 2. The summed E-state index contributed by atoms with van der Waals surface area (Å²) >= 11 is 6.09. The van der Waals surface area contributed by atoms with Gasteiger partial charge in [0.15, 0.2) is 0 Å². The lowest BCUT2D eigenvalue weighted by Crippen LogP contribution is -2.38. The van der Waals surface area contributed by atoms with Gasteiger partial charge in [0, 0.05) is 42.1 Å². The first-order chi connectivity index (χ1) is 16.2. The van der Waals surface area contributed by atoms with E-state index in [1.165, 1.54) is 11.4 Å². The molecule has 0 aliphatic carbocycles. The maximum absolute atomic E-state index is 12.6. The standard InChI is InChI=1S/C27H29ClN4O/c28-21-12-13-26-25(20-21)29-27(33)32(26)24-14-18-30(19-15-24)16-7-17-31(22-8-3-1-4-9-22)23-10-5-2-6-11-23/h1-6,8-13,20,24H,7,14-19H2,(H,29,33). The molecule has 0 atom stereocenters. The van der Waals surface area contributed by atoms with Gasteiger partial charge in [0.1, 0.15) is 0 Å². The van der Waals surface area contributed by atoms with Crippen LogP contribution in [0.3, 0.4) is 0 Å². The molecule has 33 heavy (non-hydrogen) atoms. The highest BCUT2D eigenvalue weighted by Gasteiger charge is 2.23. The van der Waals surface area contributed by atoms with Gasteiger partial charge in [0.2, 0.25) is 0 Å². The van der Waals surface area contributed by atoms with Crippen molar-refractivity contribution in [1.29, 1.82) is 0 Å². The Morgan fingerprint density at radius 3 is 2.18 bits per heavy atom. The zero-order valence-corrected chi connectivity index (χ0v) is 19.4. The number of benzene rings is 3. The van der Waals surface area contributed by atoms with Crippen LogP contribution in [0.2, 0.25) is 5.02 Å². The molecule has 1 aliphatic rings. The Morgan fingerprint density at radius 2 is 1.55 bits per heavy atom. The molecular formula is C27H29ClN4O. The molecule has 0 amide bonds. The largest absolute Gasteiger partial charge is 0.341 e. The van der Waals surface area contributed by atoms with Crippen molar-refractivity contribution in [2.24, 2.45) is 0 Å². The van der Waals surface area contributed by atoms with Crippen molar-refractivity contribution >= 4 is 34.0 Å². The van der Waals surface area contributed by atoms with Gasteiger partial charge < -0.3 is 14.8 Å². The van der Waals surface area contributed by atoms with Gasteiger partial charge in [-0.05, 0) is 68.3 Å². The van der Waals surface area contributed by atoms with E-state index in [1.807, 2.05) is 22.8 Å². The number of rotatable bonds is 7. The zero-order chi connectivity index (χ0) is 22.6. The molecule has 0 bridgehead atoms. The number of aromatic amines is 1. The maximum Gasteiger partial charge on any atom is 0.326 e. The maximum atomic E-state index is 12.6. The summed E-state index contributed by atoms with van der Waals surface area (Å²) in [6.07, 6.45) is 3.05. The third-order valence-corrected chi connectivity index (χ3v) is 6.83. The van der Waals surface area contributed by atoms with Crippen LogP contribution < -0.4 is 10.6 Å². The molecule has 4 aromatic rings. The molecule has 1 aliphatic heterocycles. The second-order valence-electron chi connectivity index (χ2n) is 8.71. The number of para-hydroxylation sites is 2. The normalized spacial score (nSPS) is 15.2. The molecule has 3 aromatic carbocycles. The lowest BCUT2D eigenvalue weighted by atomic mass is 10.0. The van der Waals surface area contributed by atoms with E-state index in [4.69, 9.17) is 11.6 Å². The van der Waals surface area contributed by atoms with Crippen LogP contribution in [0.1, 0.15) is 25.3 Å². The molecule has 5 rings (SSSR count). The van der Waals surface area contributed by atoms with E-state index in [1.54, 1.807) is 0 Å². The first-order valence-corrected chi connectivity index (χ1v) is 12.1. The molecule has 0 radical (unpaired) electrons. The number of nitrogens with one attached hydrogen (secondary N) is 1. The number of H-pyrrole nitrogens is 1. The Balaban J connectivity index is 1.20. The number of hydrogen-bond acceptors (Lipinski definition) is 3. The van der Waals surface area contributed by atoms with Gasteiger partial charge in [-0.1, -0.05) is 48.0 Å². The molecular weight excluding hydrogens is 432 g/mol. The Labute approximate surface area is 199 Å². The van der Waals surface area contributed by atoms with Gasteiger partial charge in [-0.2, -0.15) is 0 Å². The van der Waals surface area contributed by atoms with Gasteiger partial charge in [-0.15, -0.1) is 0 Å². The molecule has 6 heteroatoms. The Bertz CT molecular complexity index is 1200. The van der Waals surface area contributed by atoms with Crippen LogP contribution in [0.4, 0.5) is 11.4 Å². The van der Waals surface area contributed by atoms with E-state index in [0.29, 0.717) is 5.02 Å². The summed E-state index contributed by atoms with van der Waals surface area (Å²) in [5.74, 6) is 0. The Morgan fingerprint density at radius 1 is 0.909 bits per heavy atom. The third-order valence-electron chi connectivity index (χ3n) is 6.59. The minimum atomic E-state index is -0.0351. The van der Waals surface area contributed by atoms with Crippen molar-refractivity contribution in [3.05, 3.63) is 94.4 Å². The highest BCUT2D eigenvalue weighted by molar-refractivity contribution is 6.31. The second kappa shape index (κ2) is 9.86. The fraction of sp³-hybridized carbons (Fsp3) is 0.296. The van der Waals surface area contributed by atoms with Crippen molar-refractivity contribution in [3.8, 4) is 0 Å². The van der Waals surface area contributed by atoms with Gasteiger partial charge in [-0.25, -0.2) is 4.79 Å². The minimum absolute atomic E-state index is 0.0351. The lowest BCUT2D eigenvalue weighted by molar-refractivity contribution is 0.186. The van der Waals surface area contributed by atoms with E-state index >= 15 is 0 Å². The van der Waals surface area contributed by atoms with E-state index in [9.17, 15) is 4.79 Å². The van der Waals surface area contributed by atoms with Crippen molar-refractivity contribution in [2.45, 2.75) is 25.3 Å². The van der Waals surface area contributed by atoms with Crippen molar-refractivity contribution in [1.82, 2.24) is 14.5 Å². The van der Waals surface area contributed by atoms with Crippen LogP contribution >= 0.6 is 11.6 Å². The number of likely N-dealkylation sites (tertiary alicyclic amines) is 1. The van der Waals surface area contributed by atoms with Gasteiger partial charge in [-0.3, -0.25) is 4.57 Å². The van der Waals surface area contributed by atoms with Crippen LogP contribution in [0.25, 0.3) is 11.0 Å². The molecule has 1 aromatic heterocycles. The highest BCUT2D eigenvalue weighted by atomic mass is 35.5. The third kappa shape index (κ3) is 4.85. The minimum Gasteiger partial charge on any atom is -0.341 e. The number of nitrogens with zero attached hydrogens (tertiary/aromatic N) is 3. The van der Waals surface area contributed by atoms with Gasteiger partial charge in [0.05, 0.1) is 11.0 Å². The number of fused-ring (bicyclic) bond motifs is 1. The molecule has 5 nitrogen and oxygen atoms in total. The topological polar surface area (TPSA) is 44.3 Å². The molecule has 1 fully saturated rings. The van der Waals surface area contributed by atoms with Crippen LogP contribution in [-0.4, -0.2) is 40.6 Å². The average Bonchev–Trinajstić information content (AvgIpc) is 3.18. The summed E-state index contributed by atoms with van der Waals surface area (Å²) in [5.41, 5.74) is 4.18. The quantitative estimate of drug-likeness (QED) is 0.376. The molecule has 0 saturated carbocycles. The predicted octanol–water partition coefficient (Wildman–Crippen LogP) is 5.85. The first kappa shape index (κ1) is 21.8. The lowest BCUT2D eigenvalue weighted by Gasteiger charge is -2.33. The van der Waals surface area contributed by atoms with Crippen LogP contribution in [0, 0.1) is 0 Å². The summed E-state index contributed by atoms with van der Waals surface area (Å²) < 4.78 is 1.93. The molecule has 0 spiro atoms.